The summed E-state index contributed by atoms with van der Waals surface area (Å²) in [5.74, 6) is 1.20. The molecule has 4 aliphatic heterocycles. The molecule has 2 aromatic heterocycles. The van der Waals surface area contributed by atoms with Crippen molar-refractivity contribution < 1.29 is 32.5 Å². The summed E-state index contributed by atoms with van der Waals surface area (Å²) in [4.78, 5) is 18.1. The van der Waals surface area contributed by atoms with E-state index in [-0.39, 0.29) is 70.0 Å². The van der Waals surface area contributed by atoms with E-state index in [1.807, 2.05) is 4.90 Å². The van der Waals surface area contributed by atoms with Gasteiger partial charge in [0.05, 0.1) is 30.3 Å². The topological polar surface area (TPSA) is 93.1 Å². The molecule has 46 heavy (non-hydrogen) atoms. The standard InChI is InChI=1S/C34H32F3N5O4/c1-2-23-25(36)7-6-19-13-22(43)14-24(26(19)23)29-28(37)30-27-31(42(10-12-45-32(27)38-29)21-5-3-11-44-17-21)40-33(39-30)46-18-34-8-4-9-41(34)16-20(35)15-34/h1,6-7,13-14,20-21,43H,3-5,8-12,15-18H2/t20-,21?,34+/m1/s1. The van der Waals surface area contributed by atoms with E-state index >= 15 is 4.39 Å². The Morgan fingerprint density at radius 3 is 2.83 bits per heavy atom. The normalized spacial score (nSPS) is 24.5. The predicted molar refractivity (Wildman–Crippen MR) is 165 cm³/mol. The van der Waals surface area contributed by atoms with Crippen molar-refractivity contribution in [1.29, 1.82) is 0 Å². The number of rotatable bonds is 5. The highest BCUT2D eigenvalue weighted by molar-refractivity contribution is 6.04. The van der Waals surface area contributed by atoms with Gasteiger partial charge in [0.25, 0.3) is 0 Å². The summed E-state index contributed by atoms with van der Waals surface area (Å²) in [5.41, 5.74) is -0.776. The molecule has 4 aliphatic rings. The van der Waals surface area contributed by atoms with Crippen molar-refractivity contribution in [3.8, 4) is 41.2 Å². The van der Waals surface area contributed by atoms with Crippen LogP contribution in [-0.2, 0) is 4.74 Å². The minimum absolute atomic E-state index is 0.0424. The van der Waals surface area contributed by atoms with Gasteiger partial charge in [0, 0.05) is 30.5 Å². The SMILES string of the molecule is C#Cc1c(F)ccc2cc(O)cc(-c3nc4c5c(nc(OC[C@@]67CCCN6C[C@H](F)C7)nc5c3F)N(C3CCCOC3)CCO4)c12. The Hall–Kier alpha value is -4.34. The number of fused-ring (bicyclic) bond motifs is 2. The summed E-state index contributed by atoms with van der Waals surface area (Å²) in [5, 5.41) is 11.5. The van der Waals surface area contributed by atoms with Crippen LogP contribution in [0, 0.1) is 24.0 Å². The molecule has 0 spiro atoms. The van der Waals surface area contributed by atoms with Crippen molar-refractivity contribution in [1.82, 2.24) is 19.9 Å². The number of alkyl halides is 1. The van der Waals surface area contributed by atoms with Crippen LogP contribution in [-0.4, -0.2) is 88.8 Å². The summed E-state index contributed by atoms with van der Waals surface area (Å²) < 4.78 is 64.5. The molecule has 0 amide bonds. The molecule has 6 heterocycles. The zero-order valence-electron chi connectivity index (χ0n) is 25.1. The van der Waals surface area contributed by atoms with Gasteiger partial charge in [-0.3, -0.25) is 4.90 Å². The molecule has 0 radical (unpaired) electrons. The first kappa shape index (κ1) is 29.1. The summed E-state index contributed by atoms with van der Waals surface area (Å²) in [6, 6.07) is 5.31. The summed E-state index contributed by atoms with van der Waals surface area (Å²) >= 11 is 0. The van der Waals surface area contributed by atoms with Crippen molar-refractivity contribution >= 4 is 27.5 Å². The number of benzene rings is 2. The van der Waals surface area contributed by atoms with Crippen LogP contribution >= 0.6 is 0 Å². The number of phenols is 1. The van der Waals surface area contributed by atoms with Crippen molar-refractivity contribution in [3.63, 3.8) is 0 Å². The molecular weight excluding hydrogens is 599 g/mol. The molecule has 9 nitrogen and oxygen atoms in total. The zero-order chi connectivity index (χ0) is 31.6. The molecule has 4 aromatic rings. The highest BCUT2D eigenvalue weighted by Crippen LogP contribution is 2.44. The van der Waals surface area contributed by atoms with Crippen LogP contribution < -0.4 is 14.4 Å². The van der Waals surface area contributed by atoms with Gasteiger partial charge in [-0.15, -0.1) is 6.42 Å². The number of terminal acetylenes is 1. The maximum Gasteiger partial charge on any atom is 0.319 e. The van der Waals surface area contributed by atoms with Crippen molar-refractivity contribution in [2.45, 2.75) is 49.9 Å². The van der Waals surface area contributed by atoms with Crippen LogP contribution in [0.3, 0.4) is 0 Å². The molecule has 3 saturated heterocycles. The average Bonchev–Trinajstić information content (AvgIpc) is 3.51. The van der Waals surface area contributed by atoms with Crippen LogP contribution in [0.4, 0.5) is 19.0 Å². The van der Waals surface area contributed by atoms with E-state index in [0.29, 0.717) is 43.9 Å². The Balaban J connectivity index is 1.32. The van der Waals surface area contributed by atoms with Crippen molar-refractivity contribution in [2.75, 3.05) is 51.0 Å². The number of anilines is 1. The third-order valence-electron chi connectivity index (χ3n) is 9.81. The lowest BCUT2D eigenvalue weighted by atomic mass is 9.95. The molecule has 1 N–H and O–H groups in total. The highest BCUT2D eigenvalue weighted by Gasteiger charge is 2.49. The van der Waals surface area contributed by atoms with Crippen LogP contribution in [0.25, 0.3) is 32.9 Å². The molecule has 0 saturated carbocycles. The van der Waals surface area contributed by atoms with E-state index in [9.17, 15) is 13.9 Å². The minimum atomic E-state index is -0.937. The second kappa shape index (κ2) is 11.2. The summed E-state index contributed by atoms with van der Waals surface area (Å²) in [7, 11) is 0. The number of hydrogen-bond donors (Lipinski definition) is 1. The Morgan fingerprint density at radius 2 is 2.00 bits per heavy atom. The van der Waals surface area contributed by atoms with Gasteiger partial charge in [0.15, 0.2) is 5.82 Å². The van der Waals surface area contributed by atoms with E-state index < -0.39 is 23.3 Å². The highest BCUT2D eigenvalue weighted by atomic mass is 19.1. The van der Waals surface area contributed by atoms with E-state index in [1.54, 1.807) is 0 Å². The van der Waals surface area contributed by atoms with Crippen LogP contribution in [0.2, 0.25) is 0 Å². The van der Waals surface area contributed by atoms with E-state index in [1.165, 1.54) is 24.3 Å². The van der Waals surface area contributed by atoms with Crippen molar-refractivity contribution in [2.24, 2.45) is 0 Å². The zero-order valence-corrected chi connectivity index (χ0v) is 25.1. The quantitative estimate of drug-likeness (QED) is 0.301. The second-order valence-corrected chi connectivity index (χ2v) is 12.6. The minimum Gasteiger partial charge on any atom is -0.508 e. The summed E-state index contributed by atoms with van der Waals surface area (Å²) in [6.07, 6.45) is 8.56. The van der Waals surface area contributed by atoms with Crippen LogP contribution in [0.5, 0.6) is 17.6 Å². The maximum absolute atomic E-state index is 17.0. The van der Waals surface area contributed by atoms with Crippen LogP contribution in [0.15, 0.2) is 24.3 Å². The number of aromatic hydroxyl groups is 1. The average molecular weight is 632 g/mol. The Bertz CT molecular complexity index is 1910. The number of hydrogen-bond acceptors (Lipinski definition) is 9. The van der Waals surface area contributed by atoms with Gasteiger partial charge in [0.1, 0.15) is 53.4 Å². The predicted octanol–water partition coefficient (Wildman–Crippen LogP) is 5.14. The Labute approximate surface area is 263 Å². The fourth-order valence-corrected chi connectivity index (χ4v) is 7.73. The molecule has 2 aromatic carbocycles. The molecule has 238 valence electrons. The molecule has 1 unspecified atom stereocenters. The molecule has 8 rings (SSSR count). The van der Waals surface area contributed by atoms with E-state index in [2.05, 4.69) is 20.8 Å². The molecule has 3 fully saturated rings. The van der Waals surface area contributed by atoms with Gasteiger partial charge in [-0.25, -0.2) is 18.2 Å². The Morgan fingerprint density at radius 1 is 1.11 bits per heavy atom. The van der Waals surface area contributed by atoms with Gasteiger partial charge in [-0.05, 0) is 55.8 Å². The fourth-order valence-electron chi connectivity index (χ4n) is 7.73. The fraction of sp³-hybridized carbons (Fsp3) is 0.441. The largest absolute Gasteiger partial charge is 0.508 e. The number of aromatic nitrogens is 3. The van der Waals surface area contributed by atoms with Gasteiger partial charge < -0.3 is 24.2 Å². The van der Waals surface area contributed by atoms with Crippen molar-refractivity contribution in [3.05, 3.63) is 41.5 Å². The van der Waals surface area contributed by atoms with Gasteiger partial charge in [-0.2, -0.15) is 9.97 Å². The Kier molecular flexibility index (Phi) is 7.06. The number of nitrogens with zero attached hydrogens (tertiary/aromatic N) is 5. The second-order valence-electron chi connectivity index (χ2n) is 12.6. The first-order valence-electron chi connectivity index (χ1n) is 15.7. The number of halogens is 3. The van der Waals surface area contributed by atoms with Crippen LogP contribution in [0.1, 0.15) is 37.7 Å². The molecule has 3 atom stereocenters. The lowest BCUT2D eigenvalue weighted by molar-refractivity contribution is 0.0783. The van der Waals surface area contributed by atoms with E-state index in [0.717, 1.165) is 32.2 Å². The first-order valence-corrected chi connectivity index (χ1v) is 15.7. The number of pyridine rings is 1. The lowest BCUT2D eigenvalue weighted by Crippen LogP contribution is -2.44. The third kappa shape index (κ3) is 4.67. The summed E-state index contributed by atoms with van der Waals surface area (Å²) in [6.45, 7) is 3.10. The van der Waals surface area contributed by atoms with Gasteiger partial charge in [-0.1, -0.05) is 12.0 Å². The number of ether oxygens (including phenoxy) is 3. The first-order chi connectivity index (χ1) is 22.3. The van der Waals surface area contributed by atoms with E-state index in [4.69, 9.17) is 25.6 Å². The molecular formula is C34H32F3N5O4. The monoisotopic (exact) mass is 631 g/mol. The third-order valence-corrected chi connectivity index (χ3v) is 9.81. The molecule has 0 bridgehead atoms. The smallest absolute Gasteiger partial charge is 0.319 e. The molecule has 0 aliphatic carbocycles. The number of phenolic OH excluding ortho intramolecular Hbond substituents is 1. The van der Waals surface area contributed by atoms with Gasteiger partial charge >= 0.3 is 6.01 Å². The molecule has 12 heteroatoms. The maximum atomic E-state index is 17.0. The van der Waals surface area contributed by atoms with Gasteiger partial charge in [0.2, 0.25) is 5.88 Å². The lowest BCUT2D eigenvalue weighted by Gasteiger charge is -2.34.